The molecule has 1 aliphatic heterocycles. The van der Waals surface area contributed by atoms with Gasteiger partial charge in [0.15, 0.2) is 0 Å². The lowest BCUT2D eigenvalue weighted by molar-refractivity contribution is 0.0938. The smallest absolute Gasteiger partial charge is 0.410 e. The minimum Gasteiger partial charge on any atom is -0.445 e. The fourth-order valence-electron chi connectivity index (χ4n) is 2.30. The summed E-state index contributed by atoms with van der Waals surface area (Å²) >= 11 is 0. The van der Waals surface area contributed by atoms with Gasteiger partial charge in [-0.15, -0.1) is 5.10 Å². The van der Waals surface area contributed by atoms with E-state index in [0.717, 1.165) is 5.56 Å². The number of ether oxygens (including phenoxy) is 1. The molecule has 1 amide bonds. The van der Waals surface area contributed by atoms with Crippen LogP contribution in [-0.4, -0.2) is 47.4 Å². The number of hydrogen-bond donors (Lipinski definition) is 0. The van der Waals surface area contributed by atoms with E-state index < -0.39 is 0 Å². The van der Waals surface area contributed by atoms with Crippen LogP contribution < -0.4 is 4.90 Å². The highest BCUT2D eigenvalue weighted by Gasteiger charge is 2.24. The van der Waals surface area contributed by atoms with E-state index in [1.165, 1.54) is 0 Å². The van der Waals surface area contributed by atoms with Crippen molar-refractivity contribution in [1.29, 1.82) is 0 Å². The Hall–Kier alpha value is -2.57. The number of piperazine rings is 1. The van der Waals surface area contributed by atoms with Crippen LogP contribution in [0.25, 0.3) is 0 Å². The molecule has 1 aromatic carbocycles. The monoisotopic (exact) mass is 302 g/mol. The van der Waals surface area contributed by atoms with Crippen molar-refractivity contribution in [2.24, 2.45) is 0 Å². The van der Waals surface area contributed by atoms with Crippen LogP contribution in [0.1, 0.15) is 11.5 Å². The Balaban J connectivity index is 1.47. The zero-order chi connectivity index (χ0) is 15.4. The third-order valence-corrected chi connectivity index (χ3v) is 3.53. The largest absolute Gasteiger partial charge is 0.445 e. The molecular weight excluding hydrogens is 284 g/mol. The molecule has 1 aromatic heterocycles. The first kappa shape index (κ1) is 14.4. The summed E-state index contributed by atoms with van der Waals surface area (Å²) in [6, 6.07) is 10.2. The van der Waals surface area contributed by atoms with E-state index in [0.29, 0.717) is 44.7 Å². The third kappa shape index (κ3) is 3.36. The predicted molar refractivity (Wildman–Crippen MR) is 79.4 cm³/mol. The van der Waals surface area contributed by atoms with E-state index in [2.05, 4.69) is 10.2 Å². The standard InChI is InChI=1S/C15H18N4O3/c1-12-16-17-14(22-12)18-7-9-19(10-8-18)15(20)21-11-13-5-3-2-4-6-13/h2-6H,7-11H2,1H3. The number of aryl methyl sites for hydroxylation is 1. The van der Waals surface area contributed by atoms with Gasteiger partial charge in [-0.25, -0.2) is 4.79 Å². The SMILES string of the molecule is Cc1nnc(N2CCN(C(=O)OCc3ccccc3)CC2)o1. The number of amides is 1. The summed E-state index contributed by atoms with van der Waals surface area (Å²) in [5.74, 6) is 0.541. The van der Waals surface area contributed by atoms with Crippen molar-refractivity contribution in [2.45, 2.75) is 13.5 Å². The molecule has 1 aliphatic rings. The average Bonchev–Trinajstić information content (AvgIpc) is 3.00. The maximum Gasteiger partial charge on any atom is 0.410 e. The van der Waals surface area contributed by atoms with Crippen LogP contribution in [0.5, 0.6) is 0 Å². The first-order valence-corrected chi connectivity index (χ1v) is 7.23. The summed E-state index contributed by atoms with van der Waals surface area (Å²) < 4.78 is 10.7. The van der Waals surface area contributed by atoms with Crippen molar-refractivity contribution in [3.8, 4) is 0 Å². The van der Waals surface area contributed by atoms with Gasteiger partial charge in [0, 0.05) is 33.1 Å². The summed E-state index contributed by atoms with van der Waals surface area (Å²) in [6.45, 7) is 4.52. The van der Waals surface area contributed by atoms with E-state index in [1.54, 1.807) is 11.8 Å². The topological polar surface area (TPSA) is 71.7 Å². The van der Waals surface area contributed by atoms with Crippen LogP contribution >= 0.6 is 0 Å². The molecule has 2 heterocycles. The van der Waals surface area contributed by atoms with E-state index in [1.807, 2.05) is 35.2 Å². The Labute approximate surface area is 128 Å². The fourth-order valence-corrected chi connectivity index (χ4v) is 2.30. The Kier molecular flexibility index (Phi) is 4.22. The molecule has 1 fully saturated rings. The minimum atomic E-state index is -0.287. The van der Waals surface area contributed by atoms with Gasteiger partial charge in [0.05, 0.1) is 0 Å². The Morgan fingerprint density at radius 2 is 1.91 bits per heavy atom. The number of carbonyl (C=O) groups is 1. The lowest BCUT2D eigenvalue weighted by atomic mass is 10.2. The van der Waals surface area contributed by atoms with Crippen LogP contribution in [0.2, 0.25) is 0 Å². The summed E-state index contributed by atoms with van der Waals surface area (Å²) in [5.41, 5.74) is 0.982. The third-order valence-electron chi connectivity index (χ3n) is 3.53. The second kappa shape index (κ2) is 6.46. The molecule has 0 bridgehead atoms. The minimum absolute atomic E-state index is 0.287. The van der Waals surface area contributed by atoms with E-state index in [9.17, 15) is 4.79 Å². The molecule has 0 saturated carbocycles. The second-order valence-electron chi connectivity index (χ2n) is 5.12. The molecule has 3 rings (SSSR count). The maximum absolute atomic E-state index is 12.1. The van der Waals surface area contributed by atoms with Gasteiger partial charge in [0.25, 0.3) is 0 Å². The molecular formula is C15H18N4O3. The number of anilines is 1. The Bertz CT molecular complexity index is 621. The molecule has 0 aliphatic carbocycles. The second-order valence-corrected chi connectivity index (χ2v) is 5.12. The van der Waals surface area contributed by atoms with Crippen molar-refractivity contribution in [3.63, 3.8) is 0 Å². The molecule has 7 heteroatoms. The van der Waals surface area contributed by atoms with Crippen LogP contribution in [0.15, 0.2) is 34.7 Å². The summed E-state index contributed by atoms with van der Waals surface area (Å²) in [5, 5.41) is 7.81. The molecule has 0 radical (unpaired) electrons. The zero-order valence-electron chi connectivity index (χ0n) is 12.4. The van der Waals surface area contributed by atoms with Gasteiger partial charge >= 0.3 is 12.1 Å². The highest BCUT2D eigenvalue weighted by molar-refractivity contribution is 5.68. The predicted octanol–water partition coefficient (Wildman–Crippen LogP) is 1.84. The van der Waals surface area contributed by atoms with Gasteiger partial charge in [-0.05, 0) is 5.56 Å². The highest BCUT2D eigenvalue weighted by atomic mass is 16.6. The van der Waals surface area contributed by atoms with Gasteiger partial charge in [-0.1, -0.05) is 35.4 Å². The molecule has 116 valence electrons. The number of carbonyl (C=O) groups excluding carboxylic acids is 1. The molecule has 0 atom stereocenters. The first-order valence-electron chi connectivity index (χ1n) is 7.23. The van der Waals surface area contributed by atoms with Crippen LogP contribution in [0.3, 0.4) is 0 Å². The molecule has 2 aromatic rings. The molecule has 22 heavy (non-hydrogen) atoms. The van der Waals surface area contributed by atoms with Crippen molar-refractivity contribution in [2.75, 3.05) is 31.1 Å². The summed E-state index contributed by atoms with van der Waals surface area (Å²) in [6.07, 6.45) is -0.287. The number of hydrogen-bond acceptors (Lipinski definition) is 6. The first-order chi connectivity index (χ1) is 10.7. The molecule has 7 nitrogen and oxygen atoms in total. The van der Waals surface area contributed by atoms with Crippen LogP contribution in [0, 0.1) is 6.92 Å². The highest BCUT2D eigenvalue weighted by Crippen LogP contribution is 2.15. The number of aromatic nitrogens is 2. The Morgan fingerprint density at radius 1 is 1.18 bits per heavy atom. The zero-order valence-corrected chi connectivity index (χ0v) is 12.4. The van der Waals surface area contributed by atoms with Crippen molar-refractivity contribution < 1.29 is 13.9 Å². The van der Waals surface area contributed by atoms with Crippen molar-refractivity contribution >= 4 is 12.1 Å². The van der Waals surface area contributed by atoms with Gasteiger partial charge in [-0.2, -0.15) is 0 Å². The van der Waals surface area contributed by atoms with Crippen LogP contribution in [-0.2, 0) is 11.3 Å². The fraction of sp³-hybridized carbons (Fsp3) is 0.400. The van der Waals surface area contributed by atoms with Crippen molar-refractivity contribution in [1.82, 2.24) is 15.1 Å². The maximum atomic E-state index is 12.1. The van der Waals surface area contributed by atoms with Crippen LogP contribution in [0.4, 0.5) is 10.8 Å². The van der Waals surface area contributed by atoms with E-state index in [4.69, 9.17) is 9.15 Å². The number of rotatable bonds is 3. The Morgan fingerprint density at radius 3 is 2.55 bits per heavy atom. The molecule has 0 unspecified atom stereocenters. The quantitative estimate of drug-likeness (QED) is 0.861. The average molecular weight is 302 g/mol. The number of benzene rings is 1. The summed E-state index contributed by atoms with van der Waals surface area (Å²) in [4.78, 5) is 15.7. The van der Waals surface area contributed by atoms with Crippen molar-refractivity contribution in [3.05, 3.63) is 41.8 Å². The summed E-state index contributed by atoms with van der Waals surface area (Å²) in [7, 11) is 0. The van der Waals surface area contributed by atoms with E-state index in [-0.39, 0.29) is 6.09 Å². The normalized spacial score (nSPS) is 15.0. The van der Waals surface area contributed by atoms with E-state index >= 15 is 0 Å². The van der Waals surface area contributed by atoms with Gasteiger partial charge in [0.2, 0.25) is 5.89 Å². The van der Waals surface area contributed by atoms with Gasteiger partial charge < -0.3 is 19.0 Å². The molecule has 1 saturated heterocycles. The lowest BCUT2D eigenvalue weighted by Gasteiger charge is -2.32. The number of nitrogens with zero attached hydrogens (tertiary/aromatic N) is 4. The van der Waals surface area contributed by atoms with Gasteiger partial charge in [0.1, 0.15) is 6.61 Å². The van der Waals surface area contributed by atoms with Gasteiger partial charge in [-0.3, -0.25) is 0 Å². The molecule has 0 spiro atoms. The molecule has 0 N–H and O–H groups in total. The lowest BCUT2D eigenvalue weighted by Crippen LogP contribution is -2.49.